The normalized spacial score (nSPS) is 6.04. The minimum Gasteiger partial charge on any atom is -0.103 e. The Morgan fingerprint density at radius 3 is 0.615 bits per heavy atom. The highest BCUT2D eigenvalue weighted by atomic mass is 13.9. The fourth-order valence-corrected chi connectivity index (χ4v) is 0. The maximum atomic E-state index is 3.36. The fourth-order valence-electron chi connectivity index (χ4n) is 0. The van der Waals surface area contributed by atoms with Crippen molar-refractivity contribution in [2.45, 2.75) is 151 Å². The van der Waals surface area contributed by atoms with Crippen LogP contribution in [-0.4, -0.2) is 0 Å². The topological polar surface area (TPSA) is 0 Å². The van der Waals surface area contributed by atoms with Crippen molar-refractivity contribution < 1.29 is 0 Å². The molecule has 0 aromatic carbocycles. The second-order valence-corrected chi connectivity index (χ2v) is 5.36. The second kappa shape index (κ2) is 147. The van der Waals surface area contributed by atoms with Gasteiger partial charge in [0.1, 0.15) is 0 Å². The molecule has 0 aliphatic carbocycles. The Kier molecular flexibility index (Phi) is 318. The van der Waals surface area contributed by atoms with E-state index in [1.165, 1.54) is 19.3 Å². The molecular weight excluding hydrogens is 312 g/mol. The molecule has 0 N–H and O–H groups in total. The highest BCUT2D eigenvalue weighted by Gasteiger charge is 1.80. The standard InChI is InChI=1S/C5H12.C4H10.2C3H8.C3H6.4C2H6/c1-4-5(2)3;1-4(2)3;3*1-3-2;4*1-2/h5H,4H2,1-3H3;4H,1-3H3;2*3H2,1-2H3;3H,1H2,2H3;4*1-2H3. The summed E-state index contributed by atoms with van der Waals surface area (Å²) in [7, 11) is 0. The van der Waals surface area contributed by atoms with Gasteiger partial charge in [0.05, 0.1) is 0 Å². The number of hydrogen-bond acceptors (Lipinski definition) is 0. The molecule has 0 heteroatoms. The van der Waals surface area contributed by atoms with Crippen molar-refractivity contribution in [2.24, 2.45) is 11.8 Å². The molecule has 172 valence electrons. The summed E-state index contributed by atoms with van der Waals surface area (Å²) < 4.78 is 0. The summed E-state index contributed by atoms with van der Waals surface area (Å²) in [5.41, 5.74) is 0. The molecule has 0 saturated heterocycles. The van der Waals surface area contributed by atoms with Crippen LogP contribution in [0.15, 0.2) is 12.7 Å². The zero-order chi connectivity index (χ0) is 24.0. The van der Waals surface area contributed by atoms with Crippen molar-refractivity contribution in [3.8, 4) is 0 Å². The number of hydrogen-bond donors (Lipinski definition) is 0. The molecule has 0 aromatic rings. The van der Waals surface area contributed by atoms with Gasteiger partial charge in [-0.05, 0) is 18.8 Å². The summed E-state index contributed by atoms with van der Waals surface area (Å²) in [5.74, 6) is 1.72. The lowest BCUT2D eigenvalue weighted by molar-refractivity contribution is 0.626. The van der Waals surface area contributed by atoms with Gasteiger partial charge in [-0.25, -0.2) is 0 Å². The van der Waals surface area contributed by atoms with Crippen molar-refractivity contribution in [2.75, 3.05) is 0 Å². The third-order valence-corrected chi connectivity index (χ3v) is 0.816. The molecule has 0 rings (SSSR count). The van der Waals surface area contributed by atoms with Crippen LogP contribution in [0.5, 0.6) is 0 Å². The molecule has 0 aliphatic rings. The molecule has 0 spiro atoms. The van der Waals surface area contributed by atoms with Crippen molar-refractivity contribution >= 4 is 0 Å². The van der Waals surface area contributed by atoms with E-state index >= 15 is 0 Å². The van der Waals surface area contributed by atoms with E-state index in [2.05, 4.69) is 75.8 Å². The smallest absolute Gasteiger partial charge is 0.0473 e. The van der Waals surface area contributed by atoms with Gasteiger partial charge in [0.25, 0.3) is 0 Å². The lowest BCUT2D eigenvalue weighted by Crippen LogP contribution is -1.77. The van der Waals surface area contributed by atoms with Crippen LogP contribution in [0, 0.1) is 11.8 Å². The number of rotatable bonds is 1. The zero-order valence-corrected chi connectivity index (χ0v) is 23.6. The van der Waals surface area contributed by atoms with Gasteiger partial charge in [0.15, 0.2) is 0 Å². The minimum atomic E-state index is 0.833. The highest BCUT2D eigenvalue weighted by Crippen LogP contribution is 1.93. The molecule has 26 heavy (non-hydrogen) atoms. The van der Waals surface area contributed by atoms with Crippen LogP contribution in [0.3, 0.4) is 0 Å². The van der Waals surface area contributed by atoms with Crippen LogP contribution >= 0.6 is 0 Å². The molecule has 0 fully saturated rings. The summed E-state index contributed by atoms with van der Waals surface area (Å²) >= 11 is 0. The molecule has 0 radical (unpaired) electrons. The van der Waals surface area contributed by atoms with Crippen molar-refractivity contribution in [3.05, 3.63) is 12.7 Å². The lowest BCUT2D eigenvalue weighted by Gasteiger charge is -1.90. The lowest BCUT2D eigenvalue weighted by atomic mass is 10.2. The summed E-state index contributed by atoms with van der Waals surface area (Å²) in [6.45, 7) is 42.9. The maximum Gasteiger partial charge on any atom is -0.0473 e. The molecule has 0 amide bonds. The Morgan fingerprint density at radius 2 is 0.615 bits per heavy atom. The van der Waals surface area contributed by atoms with E-state index in [9.17, 15) is 0 Å². The van der Waals surface area contributed by atoms with Crippen LogP contribution in [0.4, 0.5) is 0 Å². The van der Waals surface area contributed by atoms with E-state index in [1.54, 1.807) is 6.08 Å². The van der Waals surface area contributed by atoms with E-state index in [0.717, 1.165) is 11.8 Å². The van der Waals surface area contributed by atoms with Gasteiger partial charge in [-0.2, -0.15) is 0 Å². The van der Waals surface area contributed by atoms with E-state index in [0.29, 0.717) is 0 Å². The summed E-state index contributed by atoms with van der Waals surface area (Å²) in [4.78, 5) is 0. The minimum absolute atomic E-state index is 0.833. The van der Waals surface area contributed by atoms with E-state index in [4.69, 9.17) is 0 Å². The SMILES string of the molecule is C=CC.CC.CC.CC.CC.CC(C)C.CCC.CCC.CCC(C)C. The Hall–Kier alpha value is -0.260. The second-order valence-electron chi connectivity index (χ2n) is 5.36. The molecule has 0 saturated carbocycles. The average molecular weight is 381 g/mol. The molecule has 0 heterocycles. The first-order valence-corrected chi connectivity index (χ1v) is 11.8. The number of allylic oxidation sites excluding steroid dienone is 1. The van der Waals surface area contributed by atoms with Crippen LogP contribution in [0.25, 0.3) is 0 Å². The summed E-state index contributed by atoms with van der Waals surface area (Å²) in [6, 6.07) is 0. The Morgan fingerprint density at radius 1 is 0.577 bits per heavy atom. The Labute approximate surface area is 175 Å². The molecule has 0 aliphatic heterocycles. The quantitative estimate of drug-likeness (QED) is 0.396. The third-order valence-electron chi connectivity index (χ3n) is 0.816. The van der Waals surface area contributed by atoms with Crippen LogP contribution < -0.4 is 0 Å². The van der Waals surface area contributed by atoms with Gasteiger partial charge >= 0.3 is 0 Å². The van der Waals surface area contributed by atoms with Crippen molar-refractivity contribution in [3.63, 3.8) is 0 Å². The largest absolute Gasteiger partial charge is 0.103 e. The molecule has 0 atom stereocenters. The van der Waals surface area contributed by atoms with Crippen molar-refractivity contribution in [1.29, 1.82) is 0 Å². The molecular formula is C26H68. The van der Waals surface area contributed by atoms with Crippen LogP contribution in [0.2, 0.25) is 0 Å². The highest BCUT2D eigenvalue weighted by molar-refractivity contribution is 4.51. The van der Waals surface area contributed by atoms with Crippen LogP contribution in [0.1, 0.15) is 151 Å². The Balaban J connectivity index is -0.0000000183. The zero-order valence-electron chi connectivity index (χ0n) is 23.6. The maximum absolute atomic E-state index is 3.36. The van der Waals surface area contributed by atoms with E-state index < -0.39 is 0 Å². The Bertz CT molecular complexity index is 75.3. The average Bonchev–Trinajstić information content (AvgIpc) is 2.63. The molecule has 0 unspecified atom stereocenters. The van der Waals surface area contributed by atoms with Gasteiger partial charge in [-0.3, -0.25) is 0 Å². The van der Waals surface area contributed by atoms with E-state index in [-0.39, 0.29) is 0 Å². The first-order valence-electron chi connectivity index (χ1n) is 11.8. The van der Waals surface area contributed by atoms with Gasteiger partial charge in [-0.15, -0.1) is 6.58 Å². The predicted molar refractivity (Wildman–Crippen MR) is 139 cm³/mol. The molecule has 0 nitrogen and oxygen atoms in total. The molecule has 0 aromatic heterocycles. The summed E-state index contributed by atoms with van der Waals surface area (Å²) in [5, 5.41) is 0. The van der Waals surface area contributed by atoms with Crippen molar-refractivity contribution in [1.82, 2.24) is 0 Å². The fraction of sp³-hybridized carbons (Fsp3) is 0.923. The summed E-state index contributed by atoms with van der Waals surface area (Å²) in [6.07, 6.45) is 5.56. The van der Waals surface area contributed by atoms with Gasteiger partial charge in [0, 0.05) is 0 Å². The van der Waals surface area contributed by atoms with Crippen LogP contribution in [-0.2, 0) is 0 Å². The van der Waals surface area contributed by atoms with Gasteiger partial charge in [0.2, 0.25) is 0 Å². The van der Waals surface area contributed by atoms with E-state index in [1.807, 2.05) is 62.3 Å². The predicted octanol–water partition coefficient (Wildman–Crippen LogP) is 11.8. The monoisotopic (exact) mass is 381 g/mol. The first kappa shape index (κ1) is 56.2. The third kappa shape index (κ3) is 4050. The van der Waals surface area contributed by atoms with Gasteiger partial charge < -0.3 is 0 Å². The molecule has 0 bridgehead atoms. The van der Waals surface area contributed by atoms with Gasteiger partial charge in [-0.1, -0.05) is 150 Å². The first-order chi connectivity index (χ1) is 12.2.